The van der Waals surface area contributed by atoms with Gasteiger partial charge in [-0.15, -0.1) is 0 Å². The van der Waals surface area contributed by atoms with Gasteiger partial charge in [-0.05, 0) is 44.0 Å². The van der Waals surface area contributed by atoms with Crippen LogP contribution in [-0.2, 0) is 6.42 Å². The van der Waals surface area contributed by atoms with Crippen molar-refractivity contribution in [3.63, 3.8) is 0 Å². The van der Waals surface area contributed by atoms with Crippen molar-refractivity contribution in [1.29, 1.82) is 0 Å². The van der Waals surface area contributed by atoms with Crippen LogP contribution in [0.25, 0.3) is 0 Å². The Labute approximate surface area is 93.1 Å². The molecule has 84 valence electrons. The quantitative estimate of drug-likeness (QED) is 0.750. The molecule has 2 N–H and O–H groups in total. The summed E-state index contributed by atoms with van der Waals surface area (Å²) in [4.78, 5) is 2.35. The highest BCUT2D eigenvalue weighted by Crippen LogP contribution is 2.22. The van der Waals surface area contributed by atoms with Crippen molar-refractivity contribution in [2.45, 2.75) is 33.6 Å². The van der Waals surface area contributed by atoms with Crippen molar-refractivity contribution < 1.29 is 0 Å². The maximum atomic E-state index is 5.94. The van der Waals surface area contributed by atoms with Crippen LogP contribution < -0.4 is 10.6 Å². The van der Waals surface area contributed by atoms with Crippen LogP contribution in [-0.4, -0.2) is 13.1 Å². The number of nitrogen functional groups attached to an aromatic ring is 1. The SMILES string of the molecule is CCCc1cc(N(CC)CC)ccc1N. The molecule has 0 aliphatic heterocycles. The minimum Gasteiger partial charge on any atom is -0.399 e. The smallest absolute Gasteiger partial charge is 0.0370 e. The van der Waals surface area contributed by atoms with E-state index in [2.05, 4.69) is 37.8 Å². The molecule has 1 aromatic rings. The fourth-order valence-electron chi connectivity index (χ4n) is 1.86. The molecule has 0 spiro atoms. The third kappa shape index (κ3) is 2.88. The van der Waals surface area contributed by atoms with Crippen molar-refractivity contribution in [2.75, 3.05) is 23.7 Å². The average molecular weight is 206 g/mol. The van der Waals surface area contributed by atoms with Gasteiger partial charge in [0.2, 0.25) is 0 Å². The summed E-state index contributed by atoms with van der Waals surface area (Å²) in [5.74, 6) is 0. The maximum absolute atomic E-state index is 5.94. The van der Waals surface area contributed by atoms with Gasteiger partial charge in [-0.1, -0.05) is 13.3 Å². The average Bonchev–Trinajstić information content (AvgIpc) is 2.25. The van der Waals surface area contributed by atoms with Gasteiger partial charge in [0.1, 0.15) is 0 Å². The molecule has 0 unspecified atom stereocenters. The second-order valence-corrected chi connectivity index (χ2v) is 3.81. The molecule has 1 rings (SSSR count). The summed E-state index contributed by atoms with van der Waals surface area (Å²) in [6, 6.07) is 6.37. The standard InChI is InChI=1S/C13H22N2/c1-4-7-11-10-12(8-9-13(11)14)15(5-2)6-3/h8-10H,4-7,14H2,1-3H3. The Balaban J connectivity index is 2.95. The highest BCUT2D eigenvalue weighted by Gasteiger charge is 2.04. The van der Waals surface area contributed by atoms with Crippen LogP contribution in [0, 0.1) is 0 Å². The summed E-state index contributed by atoms with van der Waals surface area (Å²) >= 11 is 0. The summed E-state index contributed by atoms with van der Waals surface area (Å²) in [5, 5.41) is 0. The maximum Gasteiger partial charge on any atom is 0.0370 e. The molecule has 0 radical (unpaired) electrons. The van der Waals surface area contributed by atoms with Gasteiger partial charge in [0, 0.05) is 24.5 Å². The molecule has 15 heavy (non-hydrogen) atoms. The van der Waals surface area contributed by atoms with E-state index in [-0.39, 0.29) is 0 Å². The number of rotatable bonds is 5. The van der Waals surface area contributed by atoms with Gasteiger partial charge in [-0.3, -0.25) is 0 Å². The third-order valence-corrected chi connectivity index (χ3v) is 2.77. The molecular weight excluding hydrogens is 184 g/mol. The molecule has 2 nitrogen and oxygen atoms in total. The molecule has 0 bridgehead atoms. The van der Waals surface area contributed by atoms with Crippen molar-refractivity contribution in [2.24, 2.45) is 0 Å². The molecule has 0 saturated carbocycles. The van der Waals surface area contributed by atoms with Gasteiger partial charge in [0.05, 0.1) is 0 Å². The first-order chi connectivity index (χ1) is 7.22. The van der Waals surface area contributed by atoms with Gasteiger partial charge in [0.25, 0.3) is 0 Å². The Morgan fingerprint density at radius 1 is 1.13 bits per heavy atom. The van der Waals surface area contributed by atoms with Gasteiger partial charge in [0.15, 0.2) is 0 Å². The molecule has 0 aromatic heterocycles. The van der Waals surface area contributed by atoms with Crippen LogP contribution in [0.3, 0.4) is 0 Å². The molecule has 0 atom stereocenters. The largest absolute Gasteiger partial charge is 0.399 e. The van der Waals surface area contributed by atoms with E-state index >= 15 is 0 Å². The predicted molar refractivity (Wildman–Crippen MR) is 68.4 cm³/mol. The molecule has 0 aliphatic rings. The molecule has 0 amide bonds. The lowest BCUT2D eigenvalue weighted by Gasteiger charge is -2.22. The van der Waals surface area contributed by atoms with E-state index in [9.17, 15) is 0 Å². The van der Waals surface area contributed by atoms with Crippen LogP contribution in [0.15, 0.2) is 18.2 Å². The Morgan fingerprint density at radius 2 is 1.80 bits per heavy atom. The zero-order chi connectivity index (χ0) is 11.3. The number of anilines is 2. The first-order valence-corrected chi connectivity index (χ1v) is 5.86. The van der Waals surface area contributed by atoms with Crippen LogP contribution in [0.5, 0.6) is 0 Å². The van der Waals surface area contributed by atoms with E-state index in [1.54, 1.807) is 0 Å². The van der Waals surface area contributed by atoms with E-state index in [0.717, 1.165) is 31.6 Å². The monoisotopic (exact) mass is 206 g/mol. The van der Waals surface area contributed by atoms with Crippen molar-refractivity contribution in [3.8, 4) is 0 Å². The molecule has 0 saturated heterocycles. The second-order valence-electron chi connectivity index (χ2n) is 3.81. The van der Waals surface area contributed by atoms with E-state index in [0.29, 0.717) is 0 Å². The minimum atomic E-state index is 0.924. The Kier molecular flexibility index (Phi) is 4.47. The van der Waals surface area contributed by atoms with Gasteiger partial charge in [-0.2, -0.15) is 0 Å². The third-order valence-electron chi connectivity index (χ3n) is 2.77. The van der Waals surface area contributed by atoms with Crippen LogP contribution in [0.2, 0.25) is 0 Å². The van der Waals surface area contributed by atoms with Gasteiger partial charge < -0.3 is 10.6 Å². The normalized spacial score (nSPS) is 10.3. The Morgan fingerprint density at radius 3 is 2.33 bits per heavy atom. The van der Waals surface area contributed by atoms with Crippen LogP contribution in [0.1, 0.15) is 32.8 Å². The van der Waals surface area contributed by atoms with Crippen molar-refractivity contribution in [3.05, 3.63) is 23.8 Å². The van der Waals surface area contributed by atoms with Crippen molar-refractivity contribution >= 4 is 11.4 Å². The summed E-state index contributed by atoms with van der Waals surface area (Å²) in [6.07, 6.45) is 2.22. The van der Waals surface area contributed by atoms with E-state index < -0.39 is 0 Å². The lowest BCUT2D eigenvalue weighted by molar-refractivity contribution is 0.861. The summed E-state index contributed by atoms with van der Waals surface area (Å²) in [7, 11) is 0. The Bertz CT molecular complexity index is 303. The first-order valence-electron chi connectivity index (χ1n) is 5.86. The highest BCUT2D eigenvalue weighted by molar-refractivity contribution is 5.58. The molecule has 0 heterocycles. The van der Waals surface area contributed by atoms with Gasteiger partial charge >= 0.3 is 0 Å². The number of benzene rings is 1. The minimum absolute atomic E-state index is 0.924. The van der Waals surface area contributed by atoms with E-state index in [4.69, 9.17) is 5.73 Å². The summed E-state index contributed by atoms with van der Waals surface area (Å²) < 4.78 is 0. The van der Waals surface area contributed by atoms with Crippen LogP contribution in [0.4, 0.5) is 11.4 Å². The summed E-state index contributed by atoms with van der Waals surface area (Å²) in [5.41, 5.74) is 9.43. The molecule has 2 heteroatoms. The van der Waals surface area contributed by atoms with Crippen LogP contribution >= 0.6 is 0 Å². The topological polar surface area (TPSA) is 29.3 Å². The fourth-order valence-corrected chi connectivity index (χ4v) is 1.86. The lowest BCUT2D eigenvalue weighted by atomic mass is 10.1. The number of nitrogens with two attached hydrogens (primary N) is 1. The predicted octanol–water partition coefficient (Wildman–Crippen LogP) is 3.07. The lowest BCUT2D eigenvalue weighted by Crippen LogP contribution is -2.21. The molecular formula is C13H22N2. The van der Waals surface area contributed by atoms with E-state index in [1.807, 2.05) is 6.07 Å². The first kappa shape index (κ1) is 11.9. The summed E-state index contributed by atoms with van der Waals surface area (Å²) in [6.45, 7) is 8.64. The fraction of sp³-hybridized carbons (Fsp3) is 0.538. The number of hydrogen-bond acceptors (Lipinski definition) is 2. The second kappa shape index (κ2) is 5.64. The number of aryl methyl sites for hydroxylation is 1. The zero-order valence-corrected chi connectivity index (χ0v) is 10.1. The molecule has 0 aliphatic carbocycles. The Hall–Kier alpha value is -1.18. The van der Waals surface area contributed by atoms with Crippen molar-refractivity contribution in [1.82, 2.24) is 0 Å². The zero-order valence-electron chi connectivity index (χ0n) is 10.1. The van der Waals surface area contributed by atoms with Gasteiger partial charge in [-0.25, -0.2) is 0 Å². The molecule has 1 aromatic carbocycles. The highest BCUT2D eigenvalue weighted by atomic mass is 15.1. The molecule has 0 fully saturated rings. The number of hydrogen-bond donors (Lipinski definition) is 1. The van der Waals surface area contributed by atoms with E-state index in [1.165, 1.54) is 11.3 Å². The number of nitrogens with zero attached hydrogens (tertiary/aromatic N) is 1.